The number of halogens is 1. The van der Waals surface area contributed by atoms with Crippen LogP contribution in [0.25, 0.3) is 0 Å². The molecular formula is C11H10ClNO2. The minimum absolute atomic E-state index is 0.00400. The van der Waals surface area contributed by atoms with Crippen molar-refractivity contribution >= 4 is 17.3 Å². The van der Waals surface area contributed by atoms with Crippen LogP contribution >= 0.6 is 11.6 Å². The monoisotopic (exact) mass is 223 g/mol. The molecule has 1 atom stereocenters. The number of aromatic hydroxyl groups is 1. The summed E-state index contributed by atoms with van der Waals surface area (Å²) >= 11 is 5.93. The van der Waals surface area contributed by atoms with Crippen molar-refractivity contribution in [3.8, 4) is 5.75 Å². The molecule has 1 unspecified atom stereocenters. The third-order valence-corrected chi connectivity index (χ3v) is 2.55. The quantitative estimate of drug-likeness (QED) is 0.768. The standard InChI is InChI=1S/C11H10ClNO2/c12-11-8(4-3-5-9(11)14)13-7-2-1-6-10(13)15/h1-7,10,14-15H. The van der Waals surface area contributed by atoms with Gasteiger partial charge in [-0.15, -0.1) is 0 Å². The molecule has 0 fully saturated rings. The van der Waals surface area contributed by atoms with Crippen molar-refractivity contribution in [2.45, 2.75) is 6.23 Å². The van der Waals surface area contributed by atoms with Gasteiger partial charge >= 0.3 is 0 Å². The SMILES string of the molecule is Oc1cccc(N2C=CC=CC2O)c1Cl. The van der Waals surface area contributed by atoms with Crippen LogP contribution in [0.4, 0.5) is 5.69 Å². The highest BCUT2D eigenvalue weighted by Gasteiger charge is 2.17. The Kier molecular flexibility index (Phi) is 2.66. The molecule has 3 nitrogen and oxygen atoms in total. The molecule has 0 saturated heterocycles. The highest BCUT2D eigenvalue weighted by atomic mass is 35.5. The third kappa shape index (κ3) is 1.84. The summed E-state index contributed by atoms with van der Waals surface area (Å²) in [6.45, 7) is 0. The lowest BCUT2D eigenvalue weighted by atomic mass is 10.2. The molecule has 0 spiro atoms. The van der Waals surface area contributed by atoms with Gasteiger partial charge in [-0.05, 0) is 24.3 Å². The third-order valence-electron chi connectivity index (χ3n) is 2.16. The van der Waals surface area contributed by atoms with E-state index in [4.69, 9.17) is 11.6 Å². The van der Waals surface area contributed by atoms with Crippen LogP contribution < -0.4 is 4.90 Å². The maximum atomic E-state index is 9.69. The van der Waals surface area contributed by atoms with Crippen LogP contribution in [0.5, 0.6) is 5.75 Å². The fourth-order valence-electron chi connectivity index (χ4n) is 1.42. The molecule has 1 aliphatic heterocycles. The smallest absolute Gasteiger partial charge is 0.150 e. The number of nitrogens with zero attached hydrogens (tertiary/aromatic N) is 1. The zero-order valence-corrected chi connectivity index (χ0v) is 8.59. The van der Waals surface area contributed by atoms with Gasteiger partial charge in [0, 0.05) is 6.20 Å². The molecule has 78 valence electrons. The van der Waals surface area contributed by atoms with Gasteiger partial charge in [-0.25, -0.2) is 0 Å². The summed E-state index contributed by atoms with van der Waals surface area (Å²) in [6, 6.07) is 4.91. The van der Waals surface area contributed by atoms with Gasteiger partial charge in [-0.1, -0.05) is 23.7 Å². The number of benzene rings is 1. The summed E-state index contributed by atoms with van der Waals surface area (Å²) in [4.78, 5) is 1.57. The number of rotatable bonds is 1. The summed E-state index contributed by atoms with van der Waals surface area (Å²) in [5, 5.41) is 19.4. The van der Waals surface area contributed by atoms with Crippen molar-refractivity contribution in [2.75, 3.05) is 4.90 Å². The van der Waals surface area contributed by atoms with Gasteiger partial charge in [0.25, 0.3) is 0 Å². The fourth-order valence-corrected chi connectivity index (χ4v) is 1.64. The van der Waals surface area contributed by atoms with Crippen molar-refractivity contribution < 1.29 is 10.2 Å². The zero-order chi connectivity index (χ0) is 10.8. The Morgan fingerprint density at radius 2 is 2.07 bits per heavy atom. The Morgan fingerprint density at radius 1 is 1.27 bits per heavy atom. The first-order valence-corrected chi connectivity index (χ1v) is 4.87. The van der Waals surface area contributed by atoms with Crippen LogP contribution in [0.1, 0.15) is 0 Å². The van der Waals surface area contributed by atoms with E-state index in [1.807, 2.05) is 0 Å². The summed E-state index contributed by atoms with van der Waals surface area (Å²) in [5.41, 5.74) is 0.574. The van der Waals surface area contributed by atoms with Crippen molar-refractivity contribution in [3.63, 3.8) is 0 Å². The molecule has 1 aromatic carbocycles. The van der Waals surface area contributed by atoms with Crippen molar-refractivity contribution in [3.05, 3.63) is 47.6 Å². The number of allylic oxidation sites excluding steroid dienone is 2. The van der Waals surface area contributed by atoms with E-state index in [9.17, 15) is 10.2 Å². The van der Waals surface area contributed by atoms with Gasteiger partial charge in [-0.2, -0.15) is 0 Å². The summed E-state index contributed by atoms with van der Waals surface area (Å²) in [6.07, 6.45) is 6.10. The Hall–Kier alpha value is -1.45. The van der Waals surface area contributed by atoms with Crippen molar-refractivity contribution in [1.29, 1.82) is 0 Å². The first-order valence-electron chi connectivity index (χ1n) is 4.49. The molecule has 1 aromatic rings. The number of anilines is 1. The van der Waals surface area contributed by atoms with Gasteiger partial charge in [-0.3, -0.25) is 0 Å². The fraction of sp³-hybridized carbons (Fsp3) is 0.0909. The van der Waals surface area contributed by atoms with Crippen LogP contribution in [0.15, 0.2) is 42.6 Å². The first-order chi connectivity index (χ1) is 7.20. The lowest BCUT2D eigenvalue weighted by Crippen LogP contribution is -2.29. The lowest BCUT2D eigenvalue weighted by molar-refractivity contribution is 0.227. The van der Waals surface area contributed by atoms with Gasteiger partial charge in [0.2, 0.25) is 0 Å². The second kappa shape index (κ2) is 3.96. The zero-order valence-electron chi connectivity index (χ0n) is 7.84. The molecule has 4 heteroatoms. The normalized spacial score (nSPS) is 19.6. The van der Waals surface area contributed by atoms with E-state index in [1.54, 1.807) is 41.5 Å². The van der Waals surface area contributed by atoms with Gasteiger partial charge in [0.05, 0.1) is 5.69 Å². The average molecular weight is 224 g/mol. The number of hydrogen-bond donors (Lipinski definition) is 2. The minimum atomic E-state index is -0.755. The molecule has 0 bridgehead atoms. The topological polar surface area (TPSA) is 43.7 Å². The number of phenolic OH excluding ortho intramolecular Hbond substituents is 1. The summed E-state index contributed by atoms with van der Waals surface area (Å²) < 4.78 is 0. The maximum absolute atomic E-state index is 9.69. The van der Waals surface area contributed by atoms with Gasteiger partial charge < -0.3 is 15.1 Å². The number of aliphatic hydroxyl groups excluding tert-OH is 1. The van der Waals surface area contributed by atoms with E-state index in [0.29, 0.717) is 5.69 Å². The molecule has 0 radical (unpaired) electrons. The van der Waals surface area contributed by atoms with E-state index in [0.717, 1.165) is 0 Å². The van der Waals surface area contributed by atoms with Gasteiger partial charge in [0.1, 0.15) is 17.0 Å². The highest BCUT2D eigenvalue weighted by molar-refractivity contribution is 6.34. The Bertz CT molecular complexity index is 429. The molecule has 2 N–H and O–H groups in total. The molecule has 0 amide bonds. The Labute approximate surface area is 92.5 Å². The number of phenols is 1. The van der Waals surface area contributed by atoms with Crippen LogP contribution in [0.2, 0.25) is 5.02 Å². The van der Waals surface area contributed by atoms with Crippen LogP contribution in [0.3, 0.4) is 0 Å². The molecule has 1 heterocycles. The highest BCUT2D eigenvalue weighted by Crippen LogP contribution is 2.35. The van der Waals surface area contributed by atoms with Crippen LogP contribution in [-0.4, -0.2) is 16.4 Å². The first kappa shape index (κ1) is 10.1. The summed E-state index contributed by atoms with van der Waals surface area (Å²) in [5.74, 6) is 0.00400. The molecule has 0 aromatic heterocycles. The molecule has 0 saturated carbocycles. The van der Waals surface area contributed by atoms with E-state index in [-0.39, 0.29) is 10.8 Å². The summed E-state index contributed by atoms with van der Waals surface area (Å²) in [7, 11) is 0. The van der Waals surface area contributed by atoms with E-state index in [1.165, 1.54) is 6.07 Å². The molecule has 0 aliphatic carbocycles. The molecule has 1 aliphatic rings. The largest absolute Gasteiger partial charge is 0.506 e. The molecular weight excluding hydrogens is 214 g/mol. The predicted octanol–water partition coefficient (Wildman–Crippen LogP) is 2.25. The number of hydrogen-bond acceptors (Lipinski definition) is 3. The second-order valence-corrected chi connectivity index (χ2v) is 3.54. The molecule has 2 rings (SSSR count). The second-order valence-electron chi connectivity index (χ2n) is 3.16. The van der Waals surface area contributed by atoms with Crippen LogP contribution in [-0.2, 0) is 0 Å². The maximum Gasteiger partial charge on any atom is 0.150 e. The van der Waals surface area contributed by atoms with E-state index >= 15 is 0 Å². The van der Waals surface area contributed by atoms with E-state index < -0.39 is 6.23 Å². The molecule has 15 heavy (non-hydrogen) atoms. The average Bonchev–Trinajstić information content (AvgIpc) is 2.23. The minimum Gasteiger partial charge on any atom is -0.506 e. The van der Waals surface area contributed by atoms with Gasteiger partial charge in [0.15, 0.2) is 0 Å². The predicted molar refractivity (Wildman–Crippen MR) is 59.9 cm³/mol. The van der Waals surface area contributed by atoms with E-state index in [2.05, 4.69) is 0 Å². The lowest BCUT2D eigenvalue weighted by Gasteiger charge is -2.27. The van der Waals surface area contributed by atoms with Crippen LogP contribution in [0, 0.1) is 0 Å². The van der Waals surface area contributed by atoms with Crippen molar-refractivity contribution in [2.24, 2.45) is 0 Å². The van der Waals surface area contributed by atoms with Crippen molar-refractivity contribution in [1.82, 2.24) is 0 Å². The number of aliphatic hydroxyl groups is 1. The Balaban J connectivity index is 2.41. The Morgan fingerprint density at radius 3 is 2.80 bits per heavy atom.